The van der Waals surface area contributed by atoms with Crippen molar-refractivity contribution in [3.05, 3.63) is 114 Å². The first-order valence-corrected chi connectivity index (χ1v) is 10.4. The number of hydrogen-bond acceptors (Lipinski definition) is 3. The number of methoxy groups -OCH3 is 1. The molecule has 0 aromatic heterocycles. The number of hydrogen-bond donors (Lipinski definition) is 0. The molecule has 0 aliphatic heterocycles. The summed E-state index contributed by atoms with van der Waals surface area (Å²) in [4.78, 5) is 8.99. The highest BCUT2D eigenvalue weighted by Gasteiger charge is 1.89. The molecule has 32 heavy (non-hydrogen) atoms. The van der Waals surface area contributed by atoms with E-state index in [0.29, 0.717) is 11.5 Å². The van der Waals surface area contributed by atoms with Gasteiger partial charge in [-0.2, -0.15) is 22.8 Å². The summed E-state index contributed by atoms with van der Waals surface area (Å²) in [6.45, 7) is 21.2. The second-order valence-corrected chi connectivity index (χ2v) is 5.92. The molecule has 0 saturated heterocycles. The fourth-order valence-electron chi connectivity index (χ4n) is 1.62. The Kier molecular flexibility index (Phi) is 23.7. The molecule has 170 valence electrons. The van der Waals surface area contributed by atoms with E-state index in [1.54, 1.807) is 31.4 Å². The Bertz CT molecular complexity index is 774. The van der Waals surface area contributed by atoms with Gasteiger partial charge in [0, 0.05) is 0 Å². The molecular weight excluding hydrogens is 400 g/mol. The van der Waals surface area contributed by atoms with Crippen LogP contribution >= 0.6 is 0 Å². The summed E-state index contributed by atoms with van der Waals surface area (Å²) in [7, 11) is 1.66. The Hall–Kier alpha value is -3.96. The molecule has 3 aromatic carbocycles. The zero-order valence-corrected chi connectivity index (χ0v) is 19.7. The van der Waals surface area contributed by atoms with Crippen LogP contribution in [-0.4, -0.2) is 7.11 Å². The second kappa shape index (κ2) is 25.1. The maximum atomic E-state index is 6.34. The second-order valence-electron chi connectivity index (χ2n) is 5.92. The van der Waals surface area contributed by atoms with Crippen LogP contribution in [0.4, 0.5) is 0 Å². The summed E-state index contributed by atoms with van der Waals surface area (Å²) in [5.41, 5.74) is 0. The van der Waals surface area contributed by atoms with Crippen LogP contribution in [0.15, 0.2) is 91.0 Å². The summed E-state index contributed by atoms with van der Waals surface area (Å²) < 4.78 is 4.91. The lowest BCUT2D eigenvalue weighted by atomic mass is 10.3. The largest absolute Gasteiger partial charge is 0.497 e. The Labute approximate surface area is 193 Å². The smallest absolute Gasteiger partial charge is 0.219 e. The van der Waals surface area contributed by atoms with Crippen molar-refractivity contribution in [2.75, 3.05) is 7.11 Å². The molecule has 3 rings (SSSR count). The van der Waals surface area contributed by atoms with Crippen molar-refractivity contribution < 1.29 is 14.4 Å². The van der Waals surface area contributed by atoms with E-state index in [1.165, 1.54) is 12.8 Å². The van der Waals surface area contributed by atoms with E-state index < -0.39 is 0 Å². The van der Waals surface area contributed by atoms with Gasteiger partial charge in [-0.1, -0.05) is 95.1 Å². The van der Waals surface area contributed by atoms with Gasteiger partial charge in [-0.3, -0.25) is 0 Å². The van der Waals surface area contributed by atoms with Gasteiger partial charge in [-0.25, -0.2) is 0 Å². The molecule has 0 saturated carbocycles. The van der Waals surface area contributed by atoms with Gasteiger partial charge in [0.2, 0.25) is 11.5 Å². The van der Waals surface area contributed by atoms with E-state index in [2.05, 4.69) is 47.4 Å². The highest BCUT2D eigenvalue weighted by Crippen LogP contribution is 2.08. The first kappa shape index (κ1) is 30.2. The van der Waals surface area contributed by atoms with Gasteiger partial charge in [-0.15, -0.1) is 0 Å². The minimum Gasteiger partial charge on any atom is -0.497 e. The van der Waals surface area contributed by atoms with E-state index in [0.717, 1.165) is 5.75 Å². The SMILES string of the molecule is CCC.CCC.COc1ccccc1.[C-]#[N+]Oc1ccccc1.[C-]#[N+]Oc1ccccc1. The predicted octanol–water partition coefficient (Wildman–Crippen LogP) is 8.33. The molecule has 0 bridgehead atoms. The van der Waals surface area contributed by atoms with Crippen LogP contribution in [0.25, 0.3) is 10.0 Å². The van der Waals surface area contributed by atoms with Crippen molar-refractivity contribution in [3.8, 4) is 17.2 Å². The summed E-state index contributed by atoms with van der Waals surface area (Å²) in [6.07, 6.45) is 2.50. The molecule has 5 nitrogen and oxygen atoms in total. The molecule has 0 fully saturated rings. The number of rotatable bonds is 3. The summed E-state index contributed by atoms with van der Waals surface area (Å²) in [5, 5.41) is 5.51. The van der Waals surface area contributed by atoms with Crippen molar-refractivity contribution in [1.29, 1.82) is 0 Å². The molecule has 0 aliphatic rings. The average molecular weight is 435 g/mol. The molecule has 0 atom stereocenters. The predicted molar refractivity (Wildman–Crippen MR) is 132 cm³/mol. The molecule has 0 aliphatic carbocycles. The normalized spacial score (nSPS) is 7.72. The molecule has 0 heterocycles. The van der Waals surface area contributed by atoms with Crippen molar-refractivity contribution >= 4 is 0 Å². The van der Waals surface area contributed by atoms with E-state index >= 15 is 0 Å². The summed E-state index contributed by atoms with van der Waals surface area (Å²) >= 11 is 0. The van der Waals surface area contributed by atoms with Crippen LogP contribution in [0.5, 0.6) is 17.2 Å². The molecular formula is C27H34N2O3. The Morgan fingerprint density at radius 2 is 0.781 bits per heavy atom. The van der Waals surface area contributed by atoms with Crippen molar-refractivity contribution in [2.24, 2.45) is 0 Å². The molecule has 0 amide bonds. The minimum absolute atomic E-state index is 0.590. The van der Waals surface area contributed by atoms with Gasteiger partial charge in [-0.05, 0) is 46.4 Å². The first-order chi connectivity index (χ1) is 15.6. The third-order valence-corrected chi connectivity index (χ3v) is 2.77. The Morgan fingerprint density at radius 1 is 0.531 bits per heavy atom. The van der Waals surface area contributed by atoms with Gasteiger partial charge in [0.05, 0.1) is 7.11 Å². The van der Waals surface area contributed by atoms with E-state index in [9.17, 15) is 0 Å². The number of nitrogens with zero attached hydrogens (tertiary/aromatic N) is 2. The average Bonchev–Trinajstić information content (AvgIpc) is 2.83. The van der Waals surface area contributed by atoms with Crippen LogP contribution in [0.1, 0.15) is 40.5 Å². The highest BCUT2D eigenvalue weighted by atomic mass is 16.6. The lowest BCUT2D eigenvalue weighted by molar-refractivity contribution is 0.415. The lowest BCUT2D eigenvalue weighted by Crippen LogP contribution is -1.78. The van der Waals surface area contributed by atoms with Crippen molar-refractivity contribution in [1.82, 2.24) is 0 Å². The monoisotopic (exact) mass is 434 g/mol. The van der Waals surface area contributed by atoms with E-state index in [-0.39, 0.29) is 0 Å². The Morgan fingerprint density at radius 3 is 0.969 bits per heavy atom. The maximum Gasteiger partial charge on any atom is 0.219 e. The number of benzene rings is 3. The molecule has 3 aromatic rings. The Balaban J connectivity index is 0. The molecule has 0 N–H and O–H groups in total. The summed E-state index contributed by atoms with van der Waals surface area (Å²) in [5.74, 6) is 2.09. The van der Waals surface area contributed by atoms with Crippen LogP contribution < -0.4 is 14.4 Å². The minimum atomic E-state index is 0.590. The fraction of sp³-hybridized carbons (Fsp3) is 0.259. The quantitative estimate of drug-likeness (QED) is 0.307. The van der Waals surface area contributed by atoms with E-state index in [4.69, 9.17) is 17.9 Å². The molecule has 0 spiro atoms. The third kappa shape index (κ3) is 20.8. The van der Waals surface area contributed by atoms with Gasteiger partial charge in [0.1, 0.15) is 5.75 Å². The van der Waals surface area contributed by atoms with Crippen LogP contribution in [0.2, 0.25) is 0 Å². The lowest BCUT2D eigenvalue weighted by Gasteiger charge is -1.93. The molecule has 0 unspecified atom stereocenters. The summed E-state index contributed by atoms with van der Waals surface area (Å²) in [6, 6.07) is 27.6. The fourth-order valence-corrected chi connectivity index (χ4v) is 1.62. The number of ether oxygens (including phenoxy) is 1. The zero-order chi connectivity index (χ0) is 24.3. The topological polar surface area (TPSA) is 36.4 Å². The third-order valence-electron chi connectivity index (χ3n) is 2.77. The van der Waals surface area contributed by atoms with E-state index in [1.807, 2.05) is 66.7 Å². The number of para-hydroxylation sites is 3. The van der Waals surface area contributed by atoms with Crippen molar-refractivity contribution in [3.63, 3.8) is 0 Å². The van der Waals surface area contributed by atoms with Crippen LogP contribution in [0.3, 0.4) is 0 Å². The standard InChI is InChI=1S/2C7H5NO.C7H8O.2C3H8/c2*1-8-9-7-5-3-2-4-6-7;1-8-7-5-3-2-4-6-7;2*1-3-2/h2*2-6H;2-6H,1H3;2*3H2,1-2H3. The van der Waals surface area contributed by atoms with Crippen LogP contribution in [0, 0.1) is 13.1 Å². The van der Waals surface area contributed by atoms with Crippen molar-refractivity contribution in [2.45, 2.75) is 40.5 Å². The highest BCUT2D eigenvalue weighted by molar-refractivity contribution is 5.22. The zero-order valence-electron chi connectivity index (χ0n) is 19.7. The van der Waals surface area contributed by atoms with Gasteiger partial charge in [0.15, 0.2) is 0 Å². The first-order valence-electron chi connectivity index (χ1n) is 10.4. The molecule has 5 heteroatoms. The maximum absolute atomic E-state index is 6.34. The van der Waals surface area contributed by atoms with Crippen LogP contribution in [-0.2, 0) is 0 Å². The van der Waals surface area contributed by atoms with Gasteiger partial charge in [0.25, 0.3) is 0 Å². The van der Waals surface area contributed by atoms with Gasteiger partial charge >= 0.3 is 0 Å². The molecule has 0 radical (unpaired) electrons. The van der Waals surface area contributed by atoms with Gasteiger partial charge < -0.3 is 4.74 Å².